The first kappa shape index (κ1) is 25.3. The van der Waals surface area contributed by atoms with Crippen molar-refractivity contribution in [1.29, 1.82) is 0 Å². The van der Waals surface area contributed by atoms with Gasteiger partial charge in [0.15, 0.2) is 0 Å². The number of aliphatic hydroxyl groups excluding tert-OH is 5. The molecule has 1 aliphatic carbocycles. The number of amides is 1. The van der Waals surface area contributed by atoms with E-state index in [4.69, 9.17) is 9.47 Å². The lowest BCUT2D eigenvalue weighted by atomic mass is 10.00. The van der Waals surface area contributed by atoms with E-state index in [0.717, 1.165) is 6.07 Å². The number of benzene rings is 2. The number of aryl methyl sites for hydroxylation is 1. The Bertz CT molecular complexity index is 1060. The molecule has 1 fully saturated rings. The summed E-state index contributed by atoms with van der Waals surface area (Å²) < 4.78 is 11.1. The second-order valence-electron chi connectivity index (χ2n) is 8.06. The Morgan fingerprint density at radius 3 is 2.44 bits per heavy atom. The van der Waals surface area contributed by atoms with Crippen LogP contribution in [0.2, 0.25) is 0 Å². The summed E-state index contributed by atoms with van der Waals surface area (Å²) >= 11 is 0. The summed E-state index contributed by atoms with van der Waals surface area (Å²) in [5.41, 5.74) is 0.280. The molecule has 0 saturated heterocycles. The fraction of sp³-hybridized carbons (Fsp3) is 0.409. The van der Waals surface area contributed by atoms with Crippen molar-refractivity contribution in [2.75, 3.05) is 11.9 Å². The number of hydrogen-bond donors (Lipinski definition) is 6. The molecule has 6 atom stereocenters. The Morgan fingerprint density at radius 1 is 1.15 bits per heavy atom. The first-order chi connectivity index (χ1) is 16.0. The van der Waals surface area contributed by atoms with Crippen LogP contribution < -0.4 is 14.8 Å². The maximum absolute atomic E-state index is 11.7. The van der Waals surface area contributed by atoms with Gasteiger partial charge in [-0.05, 0) is 30.7 Å². The van der Waals surface area contributed by atoms with Crippen molar-refractivity contribution in [3.05, 3.63) is 52.1 Å². The molecule has 0 aliphatic heterocycles. The summed E-state index contributed by atoms with van der Waals surface area (Å²) in [6.45, 7) is 2.25. The minimum atomic E-state index is -1.84. The second-order valence-corrected chi connectivity index (χ2v) is 8.06. The number of anilines is 1. The minimum Gasteiger partial charge on any atom is -0.464 e. The van der Waals surface area contributed by atoms with Gasteiger partial charge in [0, 0.05) is 24.6 Å². The van der Waals surface area contributed by atoms with Crippen LogP contribution in [-0.2, 0) is 4.79 Å². The van der Waals surface area contributed by atoms with Crippen molar-refractivity contribution < 1.29 is 44.7 Å². The molecule has 1 amide bonds. The predicted molar refractivity (Wildman–Crippen MR) is 117 cm³/mol. The van der Waals surface area contributed by atoms with Gasteiger partial charge in [-0.3, -0.25) is 14.9 Å². The molecule has 0 spiro atoms. The molecule has 12 heteroatoms. The molecule has 2 aromatic rings. The zero-order chi connectivity index (χ0) is 25.2. The van der Waals surface area contributed by atoms with Crippen LogP contribution in [0.25, 0.3) is 0 Å². The molecule has 1 saturated carbocycles. The molecular formula is C22H26N2O10. The fourth-order valence-corrected chi connectivity index (χ4v) is 3.90. The van der Waals surface area contributed by atoms with Gasteiger partial charge in [0.25, 0.3) is 0 Å². The van der Waals surface area contributed by atoms with Gasteiger partial charge >= 0.3 is 5.69 Å². The van der Waals surface area contributed by atoms with Crippen LogP contribution in [0.1, 0.15) is 12.5 Å². The van der Waals surface area contributed by atoms with E-state index >= 15 is 0 Å². The summed E-state index contributed by atoms with van der Waals surface area (Å²) in [6, 6.07) is 8.60. The Kier molecular flexibility index (Phi) is 7.69. The molecule has 0 bridgehead atoms. The lowest BCUT2D eigenvalue weighted by Crippen LogP contribution is -2.40. The van der Waals surface area contributed by atoms with Crippen molar-refractivity contribution >= 4 is 17.3 Å². The van der Waals surface area contributed by atoms with Crippen LogP contribution in [0.5, 0.6) is 17.2 Å². The number of rotatable bonds is 8. The Balaban J connectivity index is 1.86. The first-order valence-electron chi connectivity index (χ1n) is 10.4. The highest BCUT2D eigenvalue weighted by Crippen LogP contribution is 2.40. The van der Waals surface area contributed by atoms with E-state index in [1.54, 1.807) is 25.1 Å². The number of nitrogens with zero attached hydrogens (tertiary/aromatic N) is 1. The Labute approximate surface area is 194 Å². The largest absolute Gasteiger partial charge is 0.464 e. The van der Waals surface area contributed by atoms with E-state index in [2.05, 4.69) is 5.32 Å². The number of carbonyl (C=O) groups is 1. The molecule has 184 valence electrons. The van der Waals surface area contributed by atoms with Gasteiger partial charge in [-0.1, -0.05) is 6.07 Å². The van der Waals surface area contributed by atoms with E-state index in [0.29, 0.717) is 11.3 Å². The lowest BCUT2D eigenvalue weighted by Gasteiger charge is -2.26. The second kappa shape index (κ2) is 10.3. The van der Waals surface area contributed by atoms with Crippen molar-refractivity contribution in [3.63, 3.8) is 0 Å². The van der Waals surface area contributed by atoms with E-state index in [9.17, 15) is 40.4 Å². The zero-order valence-electron chi connectivity index (χ0n) is 18.4. The number of nitro groups is 1. The molecule has 1 aliphatic rings. The zero-order valence-corrected chi connectivity index (χ0v) is 18.4. The summed E-state index contributed by atoms with van der Waals surface area (Å²) in [4.78, 5) is 22.2. The predicted octanol–water partition coefficient (Wildman–Crippen LogP) is 0.672. The van der Waals surface area contributed by atoms with Crippen molar-refractivity contribution in [3.8, 4) is 17.2 Å². The van der Waals surface area contributed by atoms with E-state index < -0.39 is 53.7 Å². The number of nitro benzene ring substituents is 1. The van der Waals surface area contributed by atoms with Gasteiger partial charge in [0.2, 0.25) is 17.9 Å². The molecule has 2 aromatic carbocycles. The third kappa shape index (κ3) is 5.26. The minimum absolute atomic E-state index is 0.111. The van der Waals surface area contributed by atoms with Crippen LogP contribution >= 0.6 is 0 Å². The highest BCUT2D eigenvalue weighted by Gasteiger charge is 2.52. The Hall–Kier alpha value is -3.29. The fourth-order valence-electron chi connectivity index (χ4n) is 3.90. The standard InChI is InChI=1S/C22H26N2O10/c1-10-6-17(33-13-5-3-4-12(7-13)23-11(2)26)15(24(31)32)8-16(10)34-22(30)18-19(27)14(9-25)20(28)21(18)29/h3-8,14,18-22,25,27-30H,9H2,1-2H3,(H,23,26). The number of hydrogen-bond acceptors (Lipinski definition) is 10. The first-order valence-corrected chi connectivity index (χ1v) is 10.4. The summed E-state index contributed by atoms with van der Waals surface area (Å²) in [6.07, 6.45) is -6.38. The SMILES string of the molecule is CC(=O)Nc1cccc(Oc2cc(C)c(OC(O)C3C(O)C(O)C(CO)C3O)cc2[N+](=O)[O-])c1. The summed E-state index contributed by atoms with van der Waals surface area (Å²) in [5.74, 6) is -2.75. The van der Waals surface area contributed by atoms with Crippen LogP contribution in [0.3, 0.4) is 0 Å². The smallest absolute Gasteiger partial charge is 0.315 e. The van der Waals surface area contributed by atoms with E-state index in [-0.39, 0.29) is 23.2 Å². The average Bonchev–Trinajstić information content (AvgIpc) is 2.97. The maximum atomic E-state index is 11.7. The highest BCUT2D eigenvalue weighted by atomic mass is 16.6. The highest BCUT2D eigenvalue weighted by molar-refractivity contribution is 5.88. The molecule has 12 nitrogen and oxygen atoms in total. The summed E-state index contributed by atoms with van der Waals surface area (Å²) in [5, 5.41) is 64.4. The number of ether oxygens (including phenoxy) is 2. The van der Waals surface area contributed by atoms with Crippen LogP contribution in [0.4, 0.5) is 11.4 Å². The maximum Gasteiger partial charge on any atom is 0.315 e. The van der Waals surface area contributed by atoms with Gasteiger partial charge in [-0.2, -0.15) is 0 Å². The molecule has 3 rings (SSSR count). The molecule has 34 heavy (non-hydrogen) atoms. The third-order valence-electron chi connectivity index (χ3n) is 5.64. The van der Waals surface area contributed by atoms with Crippen molar-refractivity contribution in [2.45, 2.75) is 38.4 Å². The number of nitrogens with one attached hydrogen (secondary N) is 1. The Morgan fingerprint density at radius 2 is 1.85 bits per heavy atom. The molecular weight excluding hydrogens is 452 g/mol. The van der Waals surface area contributed by atoms with Crippen molar-refractivity contribution in [1.82, 2.24) is 0 Å². The van der Waals surface area contributed by atoms with Crippen LogP contribution in [-0.4, -0.2) is 67.6 Å². The topological polar surface area (TPSA) is 192 Å². The lowest BCUT2D eigenvalue weighted by molar-refractivity contribution is -0.385. The normalized spacial score (nSPS) is 25.0. The van der Waals surface area contributed by atoms with Gasteiger partial charge in [0.05, 0.1) is 41.8 Å². The van der Waals surface area contributed by atoms with Crippen LogP contribution in [0.15, 0.2) is 36.4 Å². The van der Waals surface area contributed by atoms with Gasteiger partial charge in [-0.25, -0.2) is 0 Å². The van der Waals surface area contributed by atoms with Crippen LogP contribution in [0, 0.1) is 28.9 Å². The van der Waals surface area contributed by atoms with Gasteiger partial charge in [-0.15, -0.1) is 0 Å². The number of aliphatic hydroxyl groups is 5. The molecule has 0 aromatic heterocycles. The van der Waals surface area contributed by atoms with Gasteiger partial charge in [0.1, 0.15) is 11.5 Å². The quantitative estimate of drug-likeness (QED) is 0.178. The monoisotopic (exact) mass is 478 g/mol. The number of carbonyl (C=O) groups excluding carboxylic acids is 1. The van der Waals surface area contributed by atoms with Crippen molar-refractivity contribution in [2.24, 2.45) is 11.8 Å². The van der Waals surface area contributed by atoms with E-state index in [1.807, 2.05) is 0 Å². The molecule has 0 radical (unpaired) electrons. The average molecular weight is 478 g/mol. The summed E-state index contributed by atoms with van der Waals surface area (Å²) in [7, 11) is 0. The molecule has 6 unspecified atom stereocenters. The third-order valence-corrected chi connectivity index (χ3v) is 5.64. The van der Waals surface area contributed by atoms with E-state index in [1.165, 1.54) is 19.1 Å². The van der Waals surface area contributed by atoms with Gasteiger partial charge < -0.3 is 40.3 Å². The molecule has 6 N–H and O–H groups in total. The molecule has 0 heterocycles.